The highest BCUT2D eigenvalue weighted by atomic mass is 19.4. The first-order valence-corrected chi connectivity index (χ1v) is 4.75. The first-order valence-electron chi connectivity index (χ1n) is 4.75. The largest absolute Gasteiger partial charge is 0.412 e. The van der Waals surface area contributed by atoms with E-state index in [2.05, 4.69) is 6.58 Å². The summed E-state index contributed by atoms with van der Waals surface area (Å²) in [5.41, 5.74) is 0.609. The molecule has 1 rings (SSSR count). The van der Waals surface area contributed by atoms with Crippen LogP contribution in [0.15, 0.2) is 23.8 Å². The molecule has 14 heavy (non-hydrogen) atoms. The van der Waals surface area contributed by atoms with Crippen molar-refractivity contribution in [1.82, 2.24) is 0 Å². The monoisotopic (exact) mass is 204 g/mol. The number of halogens is 3. The molecular weight excluding hydrogens is 189 g/mol. The average molecular weight is 204 g/mol. The Morgan fingerprint density at radius 3 is 2.43 bits per heavy atom. The predicted molar refractivity (Wildman–Crippen MR) is 50.8 cm³/mol. The van der Waals surface area contributed by atoms with Crippen LogP contribution in [0.3, 0.4) is 0 Å². The lowest BCUT2D eigenvalue weighted by Crippen LogP contribution is -2.22. The van der Waals surface area contributed by atoms with Gasteiger partial charge in [0.15, 0.2) is 0 Å². The molecule has 1 aliphatic rings. The molecule has 0 aromatic carbocycles. The van der Waals surface area contributed by atoms with E-state index in [1.165, 1.54) is 6.08 Å². The lowest BCUT2D eigenvalue weighted by atomic mass is 9.78. The van der Waals surface area contributed by atoms with E-state index in [1.807, 2.05) is 13.8 Å². The van der Waals surface area contributed by atoms with Gasteiger partial charge in [0.05, 0.1) is 0 Å². The fourth-order valence-electron chi connectivity index (χ4n) is 2.02. The van der Waals surface area contributed by atoms with Gasteiger partial charge in [0, 0.05) is 5.57 Å². The smallest absolute Gasteiger partial charge is 0.166 e. The third-order valence-electron chi connectivity index (χ3n) is 2.82. The lowest BCUT2D eigenvalue weighted by Gasteiger charge is -2.29. The minimum atomic E-state index is -4.14. The molecule has 2 atom stereocenters. The summed E-state index contributed by atoms with van der Waals surface area (Å²) in [6.45, 7) is 7.51. The first-order chi connectivity index (χ1) is 6.32. The molecule has 0 nitrogen and oxygen atoms in total. The predicted octanol–water partition coefficient (Wildman–Crippen LogP) is 4.10. The van der Waals surface area contributed by atoms with Gasteiger partial charge in [0.25, 0.3) is 0 Å². The summed E-state index contributed by atoms with van der Waals surface area (Å²) in [6, 6.07) is 0. The van der Waals surface area contributed by atoms with Gasteiger partial charge in [-0.25, -0.2) is 0 Å². The molecule has 0 saturated heterocycles. The molecule has 0 spiro atoms. The van der Waals surface area contributed by atoms with Crippen LogP contribution in [0.4, 0.5) is 13.2 Å². The summed E-state index contributed by atoms with van der Waals surface area (Å²) in [6.07, 6.45) is -2.09. The van der Waals surface area contributed by atoms with Crippen molar-refractivity contribution in [3.05, 3.63) is 23.8 Å². The third kappa shape index (κ3) is 2.40. The van der Waals surface area contributed by atoms with Crippen molar-refractivity contribution in [2.75, 3.05) is 0 Å². The van der Waals surface area contributed by atoms with Gasteiger partial charge in [-0.2, -0.15) is 13.2 Å². The normalized spacial score (nSPS) is 28.5. The zero-order valence-electron chi connectivity index (χ0n) is 8.49. The van der Waals surface area contributed by atoms with Crippen LogP contribution in [0.1, 0.15) is 26.7 Å². The SMILES string of the molecule is C=C(C)C1CCC(C(F)(F)F)=CC1C. The van der Waals surface area contributed by atoms with Crippen molar-refractivity contribution in [3.63, 3.8) is 0 Å². The topological polar surface area (TPSA) is 0 Å². The molecule has 0 aliphatic heterocycles. The van der Waals surface area contributed by atoms with E-state index in [4.69, 9.17) is 0 Å². The summed E-state index contributed by atoms with van der Waals surface area (Å²) < 4.78 is 37.1. The summed E-state index contributed by atoms with van der Waals surface area (Å²) in [4.78, 5) is 0. The molecule has 0 amide bonds. The standard InChI is InChI=1S/C11H15F3/c1-7(2)10-5-4-9(6-8(10)3)11(12,13)14/h6,8,10H,1,4-5H2,2-3H3. The molecule has 0 bridgehead atoms. The average Bonchev–Trinajstić information content (AvgIpc) is 2.01. The third-order valence-corrected chi connectivity index (χ3v) is 2.82. The molecule has 0 radical (unpaired) electrons. The highest BCUT2D eigenvalue weighted by molar-refractivity contribution is 5.18. The van der Waals surface area contributed by atoms with Crippen LogP contribution >= 0.6 is 0 Å². The van der Waals surface area contributed by atoms with Gasteiger partial charge in [-0.05, 0) is 31.6 Å². The molecule has 0 fully saturated rings. The highest BCUT2D eigenvalue weighted by Crippen LogP contribution is 2.39. The lowest BCUT2D eigenvalue weighted by molar-refractivity contribution is -0.0960. The van der Waals surface area contributed by atoms with Crippen LogP contribution in [0, 0.1) is 11.8 Å². The van der Waals surface area contributed by atoms with E-state index in [0.717, 1.165) is 5.57 Å². The van der Waals surface area contributed by atoms with Gasteiger partial charge in [-0.1, -0.05) is 25.2 Å². The molecule has 0 heterocycles. The number of hydrogen-bond donors (Lipinski definition) is 0. The second-order valence-electron chi connectivity index (χ2n) is 4.04. The summed E-state index contributed by atoms with van der Waals surface area (Å²) in [7, 11) is 0. The van der Waals surface area contributed by atoms with Gasteiger partial charge in [0.1, 0.15) is 0 Å². The molecule has 3 heteroatoms. The molecule has 0 N–H and O–H groups in total. The van der Waals surface area contributed by atoms with Crippen molar-refractivity contribution in [2.45, 2.75) is 32.9 Å². The van der Waals surface area contributed by atoms with Gasteiger partial charge >= 0.3 is 6.18 Å². The van der Waals surface area contributed by atoms with Gasteiger partial charge in [0.2, 0.25) is 0 Å². The Balaban J connectivity index is 2.81. The minimum absolute atomic E-state index is 0.0436. The molecule has 1 aliphatic carbocycles. The maximum atomic E-state index is 12.4. The number of rotatable bonds is 1. The van der Waals surface area contributed by atoms with Gasteiger partial charge in [-0.3, -0.25) is 0 Å². The Labute approximate surface area is 82.5 Å². The molecular formula is C11H15F3. The number of alkyl halides is 3. The van der Waals surface area contributed by atoms with Crippen molar-refractivity contribution >= 4 is 0 Å². The summed E-state index contributed by atoms with van der Waals surface area (Å²) in [5, 5.41) is 0. The highest BCUT2D eigenvalue weighted by Gasteiger charge is 2.36. The zero-order valence-corrected chi connectivity index (χ0v) is 8.49. The minimum Gasteiger partial charge on any atom is -0.166 e. The Morgan fingerprint density at radius 2 is 2.07 bits per heavy atom. The van der Waals surface area contributed by atoms with Crippen LogP contribution in [0.5, 0.6) is 0 Å². The Hall–Kier alpha value is -0.730. The maximum Gasteiger partial charge on any atom is 0.412 e. The van der Waals surface area contributed by atoms with Crippen LogP contribution in [0.25, 0.3) is 0 Å². The fraction of sp³-hybridized carbons (Fsp3) is 0.636. The molecule has 80 valence electrons. The van der Waals surface area contributed by atoms with E-state index in [-0.39, 0.29) is 23.8 Å². The van der Waals surface area contributed by atoms with E-state index < -0.39 is 6.18 Å². The number of allylic oxidation sites excluding steroid dienone is 3. The molecule has 0 aromatic heterocycles. The second kappa shape index (κ2) is 3.79. The van der Waals surface area contributed by atoms with Crippen molar-refractivity contribution < 1.29 is 13.2 Å². The molecule has 0 saturated carbocycles. The first kappa shape index (κ1) is 11.3. The van der Waals surface area contributed by atoms with Crippen LogP contribution in [0.2, 0.25) is 0 Å². The Bertz CT molecular complexity index is 260. The second-order valence-corrected chi connectivity index (χ2v) is 4.04. The summed E-state index contributed by atoms with van der Waals surface area (Å²) in [5.74, 6) is 0.166. The quantitative estimate of drug-likeness (QED) is 0.564. The van der Waals surface area contributed by atoms with Gasteiger partial charge in [-0.15, -0.1) is 0 Å². The molecule has 2 unspecified atom stereocenters. The van der Waals surface area contributed by atoms with Crippen molar-refractivity contribution in [1.29, 1.82) is 0 Å². The van der Waals surface area contributed by atoms with Crippen molar-refractivity contribution in [2.24, 2.45) is 11.8 Å². The van der Waals surface area contributed by atoms with E-state index in [9.17, 15) is 13.2 Å². The van der Waals surface area contributed by atoms with E-state index in [1.54, 1.807) is 0 Å². The maximum absolute atomic E-state index is 12.4. The summed E-state index contributed by atoms with van der Waals surface area (Å²) >= 11 is 0. The van der Waals surface area contributed by atoms with Crippen LogP contribution < -0.4 is 0 Å². The molecule has 0 aromatic rings. The van der Waals surface area contributed by atoms with Gasteiger partial charge < -0.3 is 0 Å². The van der Waals surface area contributed by atoms with Crippen LogP contribution in [-0.4, -0.2) is 6.18 Å². The van der Waals surface area contributed by atoms with Crippen molar-refractivity contribution in [3.8, 4) is 0 Å². The number of hydrogen-bond acceptors (Lipinski definition) is 0. The Kier molecular flexibility index (Phi) is 3.07. The van der Waals surface area contributed by atoms with E-state index >= 15 is 0 Å². The fourth-order valence-corrected chi connectivity index (χ4v) is 2.02. The Morgan fingerprint density at radius 1 is 1.50 bits per heavy atom. The van der Waals surface area contributed by atoms with E-state index in [0.29, 0.717) is 6.42 Å². The zero-order chi connectivity index (χ0) is 10.9. The van der Waals surface area contributed by atoms with Crippen LogP contribution in [-0.2, 0) is 0 Å².